The SMILES string of the molecule is CC(O)COC(=O)/C=C\C(=O)[O-].CC(O)COC(=O)/C=C\C(=O)[O-].[CH2]C.[CH2]C.[Sn+2]. The number of aliphatic hydroxyl groups is 2. The van der Waals surface area contributed by atoms with Gasteiger partial charge in [-0.25, -0.2) is 9.59 Å². The zero-order valence-electron chi connectivity index (χ0n) is 17.0. The van der Waals surface area contributed by atoms with Crippen LogP contribution in [0.5, 0.6) is 0 Å². The van der Waals surface area contributed by atoms with Gasteiger partial charge in [-0.3, -0.25) is 0 Å². The number of aliphatic carboxylic acids is 2. The number of hydrogen-bond acceptors (Lipinski definition) is 10. The van der Waals surface area contributed by atoms with Crippen LogP contribution in [0.4, 0.5) is 0 Å². The summed E-state index contributed by atoms with van der Waals surface area (Å²) in [6, 6.07) is 0. The molecule has 0 aromatic rings. The number of ether oxygens (including phenoxy) is 2. The molecule has 0 spiro atoms. The third-order valence-electron chi connectivity index (χ3n) is 1.64. The van der Waals surface area contributed by atoms with Crippen molar-refractivity contribution in [3.05, 3.63) is 38.2 Å². The topological polar surface area (TPSA) is 173 Å². The molecule has 0 aliphatic rings. The Kier molecular flexibility index (Phi) is 36.9. The molecular formula is C18H28O10Sn. The van der Waals surface area contributed by atoms with Crippen molar-refractivity contribution in [2.45, 2.75) is 39.9 Å². The molecule has 2 unspecified atom stereocenters. The normalized spacial score (nSPS) is 11.0. The Morgan fingerprint density at radius 3 is 1.17 bits per heavy atom. The van der Waals surface area contributed by atoms with Crippen LogP contribution >= 0.6 is 0 Å². The Morgan fingerprint density at radius 1 is 0.759 bits per heavy atom. The second-order valence-electron chi connectivity index (χ2n) is 4.26. The van der Waals surface area contributed by atoms with E-state index in [2.05, 4.69) is 23.3 Å². The van der Waals surface area contributed by atoms with E-state index in [9.17, 15) is 29.4 Å². The van der Waals surface area contributed by atoms with E-state index < -0.39 is 36.1 Å². The van der Waals surface area contributed by atoms with Crippen molar-refractivity contribution in [3.8, 4) is 0 Å². The Bertz CT molecular complexity index is 441. The largest absolute Gasteiger partial charge is 2.00 e. The minimum absolute atomic E-state index is 0. The van der Waals surface area contributed by atoms with Crippen LogP contribution in [0.2, 0.25) is 0 Å². The van der Waals surface area contributed by atoms with E-state index in [1.54, 1.807) is 13.8 Å². The summed E-state index contributed by atoms with van der Waals surface area (Å²) in [6.07, 6.45) is 1.04. The average Bonchev–Trinajstić information content (AvgIpc) is 2.65. The first-order chi connectivity index (χ1) is 13.0. The van der Waals surface area contributed by atoms with Gasteiger partial charge in [0.05, 0.1) is 24.1 Å². The average molecular weight is 523 g/mol. The summed E-state index contributed by atoms with van der Waals surface area (Å²) in [7, 11) is 0. The van der Waals surface area contributed by atoms with Gasteiger partial charge >= 0.3 is 35.8 Å². The fourth-order valence-electron chi connectivity index (χ4n) is 0.774. The minimum Gasteiger partial charge on any atom is -0.545 e. The second kappa shape index (κ2) is 28.3. The van der Waals surface area contributed by atoms with Gasteiger partial charge in [0.25, 0.3) is 0 Å². The van der Waals surface area contributed by atoms with Crippen LogP contribution in [0.3, 0.4) is 0 Å². The maximum Gasteiger partial charge on any atom is 2.00 e. The van der Waals surface area contributed by atoms with Gasteiger partial charge in [-0.05, 0) is 26.0 Å². The summed E-state index contributed by atoms with van der Waals surface area (Å²) in [5, 5.41) is 36.9. The van der Waals surface area contributed by atoms with Crippen molar-refractivity contribution in [1.29, 1.82) is 0 Å². The van der Waals surface area contributed by atoms with Crippen LogP contribution in [0.15, 0.2) is 24.3 Å². The molecule has 10 nitrogen and oxygen atoms in total. The van der Waals surface area contributed by atoms with E-state index in [1.165, 1.54) is 13.8 Å². The van der Waals surface area contributed by atoms with Crippen LogP contribution in [-0.4, -0.2) is 83.4 Å². The van der Waals surface area contributed by atoms with Crippen molar-refractivity contribution < 1.29 is 49.1 Å². The summed E-state index contributed by atoms with van der Waals surface area (Å²) in [5.41, 5.74) is 0. The first-order valence-corrected chi connectivity index (χ1v) is 7.93. The van der Waals surface area contributed by atoms with Crippen LogP contribution < -0.4 is 10.2 Å². The van der Waals surface area contributed by atoms with Gasteiger partial charge in [0, 0.05) is 12.2 Å². The molecule has 11 heteroatoms. The van der Waals surface area contributed by atoms with Crippen LogP contribution in [-0.2, 0) is 28.7 Å². The predicted molar refractivity (Wildman–Crippen MR) is 101 cm³/mol. The molecule has 0 aromatic heterocycles. The summed E-state index contributed by atoms with van der Waals surface area (Å²) in [5.74, 6) is -4.58. The Balaban J connectivity index is -0.000000109. The number of carboxylic acids is 2. The van der Waals surface area contributed by atoms with E-state index in [1.807, 2.05) is 0 Å². The van der Waals surface area contributed by atoms with Crippen molar-refractivity contribution in [2.75, 3.05) is 13.2 Å². The Labute approximate surface area is 188 Å². The summed E-state index contributed by atoms with van der Waals surface area (Å²) >= 11 is 0. The molecule has 0 aromatic carbocycles. The molecule has 0 fully saturated rings. The fraction of sp³-hybridized carbons (Fsp3) is 0.444. The molecule has 0 saturated carbocycles. The molecule has 0 amide bonds. The molecule has 0 aliphatic carbocycles. The molecule has 0 aliphatic heterocycles. The molecule has 164 valence electrons. The first kappa shape index (κ1) is 37.8. The van der Waals surface area contributed by atoms with Crippen LogP contribution in [0.1, 0.15) is 27.7 Å². The molecule has 0 rings (SSSR count). The monoisotopic (exact) mass is 524 g/mol. The summed E-state index contributed by atoms with van der Waals surface area (Å²) < 4.78 is 8.77. The number of rotatable bonds is 8. The van der Waals surface area contributed by atoms with Gasteiger partial charge in [-0.2, -0.15) is 0 Å². The van der Waals surface area contributed by atoms with Crippen LogP contribution in [0.25, 0.3) is 0 Å². The molecule has 0 saturated heterocycles. The van der Waals surface area contributed by atoms with E-state index >= 15 is 0 Å². The maximum absolute atomic E-state index is 10.5. The zero-order chi connectivity index (χ0) is 23.1. The van der Waals surface area contributed by atoms with E-state index in [-0.39, 0.29) is 37.1 Å². The molecule has 0 heterocycles. The second-order valence-corrected chi connectivity index (χ2v) is 4.26. The number of carbonyl (C=O) groups excluding carboxylic acids is 4. The summed E-state index contributed by atoms with van der Waals surface area (Å²) in [6.45, 7) is 12.6. The number of carboxylic acid groups (broad SMARTS) is 2. The number of hydrogen-bond donors (Lipinski definition) is 2. The van der Waals surface area contributed by atoms with E-state index in [4.69, 9.17) is 10.2 Å². The van der Waals surface area contributed by atoms with Gasteiger partial charge in [-0.15, -0.1) is 0 Å². The Morgan fingerprint density at radius 2 is 1.00 bits per heavy atom. The fourth-order valence-corrected chi connectivity index (χ4v) is 0.774. The van der Waals surface area contributed by atoms with Gasteiger partial charge in [-0.1, -0.05) is 27.7 Å². The standard InChI is InChI=1S/2C7H10O5.2C2H5.Sn/c2*1-5(8)4-12-7(11)3-2-6(9)10;2*1-2;/h2*2-3,5,8H,4H2,1H3,(H,9,10);2*1H2,2H3;/q;;;;+2/p-2/b2*3-2-;;;. The molecule has 4 radical (unpaired) electrons. The van der Waals surface area contributed by atoms with E-state index in [0.29, 0.717) is 12.2 Å². The number of carbonyl (C=O) groups is 4. The minimum atomic E-state index is -1.47. The molecule has 2 N–H and O–H groups in total. The van der Waals surface area contributed by atoms with Crippen molar-refractivity contribution in [3.63, 3.8) is 0 Å². The predicted octanol–water partition coefficient (Wildman–Crippen LogP) is -2.27. The number of esters is 2. The van der Waals surface area contributed by atoms with Crippen LogP contribution in [0, 0.1) is 13.8 Å². The van der Waals surface area contributed by atoms with Gasteiger partial charge in [0.15, 0.2) is 0 Å². The molecule has 29 heavy (non-hydrogen) atoms. The first-order valence-electron chi connectivity index (χ1n) is 7.93. The maximum atomic E-state index is 10.5. The van der Waals surface area contributed by atoms with Gasteiger partial charge in [0.2, 0.25) is 0 Å². The van der Waals surface area contributed by atoms with Gasteiger partial charge < -0.3 is 39.5 Å². The van der Waals surface area contributed by atoms with Crippen molar-refractivity contribution in [1.82, 2.24) is 0 Å². The number of aliphatic hydroxyl groups excluding tert-OH is 2. The van der Waals surface area contributed by atoms with Crippen molar-refractivity contribution >= 4 is 47.8 Å². The smallest absolute Gasteiger partial charge is 0.545 e. The molecule has 0 bridgehead atoms. The zero-order valence-corrected chi connectivity index (χ0v) is 19.8. The Hall–Kier alpha value is -1.92. The van der Waals surface area contributed by atoms with Crippen molar-refractivity contribution in [2.24, 2.45) is 0 Å². The third kappa shape index (κ3) is 46.3. The molecular weight excluding hydrogens is 495 g/mol. The quantitative estimate of drug-likeness (QED) is 0.201. The van der Waals surface area contributed by atoms with Gasteiger partial charge in [0.1, 0.15) is 13.2 Å². The van der Waals surface area contributed by atoms with E-state index in [0.717, 1.165) is 12.2 Å². The third-order valence-corrected chi connectivity index (χ3v) is 1.64. The molecule has 2 atom stereocenters. The summed E-state index contributed by atoms with van der Waals surface area (Å²) in [4.78, 5) is 40.7.